The molecule has 3 aromatic heterocycles. The van der Waals surface area contributed by atoms with Crippen LogP contribution >= 0.6 is 0 Å². The maximum Gasteiger partial charge on any atom is 0.301 e. The Balaban J connectivity index is 1.38. The molecule has 5 aromatic rings. The van der Waals surface area contributed by atoms with Crippen molar-refractivity contribution >= 4 is 55.2 Å². The lowest BCUT2D eigenvalue weighted by Crippen LogP contribution is -2.29. The van der Waals surface area contributed by atoms with Crippen molar-refractivity contribution in [2.45, 2.75) is 6.42 Å². The molecule has 0 aliphatic rings. The third-order valence-electron chi connectivity index (χ3n) is 5.57. The highest BCUT2D eigenvalue weighted by atomic mass is 32.2. The Morgan fingerprint density at radius 2 is 1.83 bits per heavy atom. The van der Waals surface area contributed by atoms with Gasteiger partial charge in [0, 0.05) is 43.4 Å². The molecule has 0 unspecified atom stereocenters. The number of aromatic nitrogens is 5. The zero-order valence-corrected chi connectivity index (χ0v) is 20.0. The summed E-state index contributed by atoms with van der Waals surface area (Å²) >= 11 is 0. The van der Waals surface area contributed by atoms with Gasteiger partial charge in [-0.2, -0.15) is 28.1 Å². The third-order valence-corrected chi connectivity index (χ3v) is 7.01. The fraction of sp³-hybridized carbons (Fsp3) is 0.174. The van der Waals surface area contributed by atoms with E-state index in [0.29, 0.717) is 35.1 Å². The molecule has 11 nitrogen and oxygen atoms in total. The Bertz CT molecular complexity index is 1590. The summed E-state index contributed by atoms with van der Waals surface area (Å²) < 4.78 is 28.6. The van der Waals surface area contributed by atoms with Gasteiger partial charge in [0.1, 0.15) is 16.9 Å². The first-order valence-electron chi connectivity index (χ1n) is 11.0. The molecular formula is C23H25N9O2S. The topological polar surface area (TPSA) is 144 Å². The summed E-state index contributed by atoms with van der Waals surface area (Å²) in [4.78, 5) is 7.93. The molecule has 0 saturated carbocycles. The molecule has 3 heterocycles. The van der Waals surface area contributed by atoms with Crippen molar-refractivity contribution in [2.24, 2.45) is 0 Å². The first-order valence-corrected chi connectivity index (χ1v) is 12.4. The number of benzene rings is 2. The number of nitrogens with zero attached hydrogens (tertiary/aromatic N) is 4. The van der Waals surface area contributed by atoms with Gasteiger partial charge < -0.3 is 15.6 Å². The van der Waals surface area contributed by atoms with E-state index in [0.717, 1.165) is 21.8 Å². The Kier molecular flexibility index (Phi) is 5.97. The van der Waals surface area contributed by atoms with Crippen LogP contribution in [0.25, 0.3) is 21.9 Å². The second-order valence-electron chi connectivity index (χ2n) is 8.17. The Morgan fingerprint density at radius 1 is 1.00 bits per heavy atom. The number of rotatable bonds is 9. The maximum atomic E-state index is 12.5. The van der Waals surface area contributed by atoms with Crippen LogP contribution in [0.2, 0.25) is 0 Å². The largest absolute Gasteiger partial charge is 0.370 e. The molecule has 0 saturated heterocycles. The Morgan fingerprint density at radius 3 is 2.69 bits per heavy atom. The highest BCUT2D eigenvalue weighted by Crippen LogP contribution is 2.28. The van der Waals surface area contributed by atoms with E-state index in [-0.39, 0.29) is 0 Å². The number of hydrogen-bond donors (Lipinski definition) is 5. The van der Waals surface area contributed by atoms with Crippen LogP contribution in [0.5, 0.6) is 0 Å². The number of H-pyrrole nitrogens is 2. The summed E-state index contributed by atoms with van der Waals surface area (Å²) in [6.07, 6.45) is 2.82. The van der Waals surface area contributed by atoms with E-state index in [1.54, 1.807) is 12.1 Å². The average Bonchev–Trinajstić information content (AvgIpc) is 3.47. The van der Waals surface area contributed by atoms with Gasteiger partial charge in [0.05, 0.1) is 5.69 Å². The van der Waals surface area contributed by atoms with Crippen molar-refractivity contribution in [3.05, 3.63) is 66.4 Å². The van der Waals surface area contributed by atoms with Crippen LogP contribution in [-0.4, -0.2) is 58.7 Å². The normalized spacial score (nSPS) is 11.9. The van der Waals surface area contributed by atoms with Gasteiger partial charge in [0.15, 0.2) is 5.82 Å². The van der Waals surface area contributed by atoms with Crippen molar-refractivity contribution in [3.63, 3.8) is 0 Å². The van der Waals surface area contributed by atoms with Gasteiger partial charge in [-0.3, -0.25) is 4.72 Å². The quantitative estimate of drug-likeness (QED) is 0.212. The van der Waals surface area contributed by atoms with Crippen molar-refractivity contribution in [1.82, 2.24) is 29.7 Å². The molecule has 12 heteroatoms. The highest BCUT2D eigenvalue weighted by molar-refractivity contribution is 7.90. The number of para-hydroxylation sites is 1. The predicted octanol–water partition coefficient (Wildman–Crippen LogP) is 3.45. The SMILES string of the molecule is CN(C)S(=O)(=O)Nc1ccc(NCCc2c[nH]c3ccccc23)nc1Nc1ccc2n[nH]nc2c1. The number of fused-ring (bicyclic) bond motifs is 2. The molecule has 0 spiro atoms. The van der Waals surface area contributed by atoms with Crippen LogP contribution in [0.15, 0.2) is 60.8 Å². The Hall–Kier alpha value is -4.16. The van der Waals surface area contributed by atoms with Gasteiger partial charge in [-0.05, 0) is 48.4 Å². The number of anilines is 4. The molecule has 0 radical (unpaired) electrons. The van der Waals surface area contributed by atoms with E-state index in [2.05, 4.69) is 52.9 Å². The lowest BCUT2D eigenvalue weighted by Gasteiger charge is -2.17. The molecule has 0 bridgehead atoms. The molecule has 2 aromatic carbocycles. The number of aromatic amines is 2. The van der Waals surface area contributed by atoms with Crippen LogP contribution < -0.4 is 15.4 Å². The minimum Gasteiger partial charge on any atom is -0.370 e. The molecule has 5 N–H and O–H groups in total. The molecule has 5 rings (SSSR count). The molecule has 0 amide bonds. The van der Waals surface area contributed by atoms with Gasteiger partial charge in [-0.1, -0.05) is 18.2 Å². The summed E-state index contributed by atoms with van der Waals surface area (Å²) in [6, 6.07) is 17.0. The lowest BCUT2D eigenvalue weighted by atomic mass is 10.1. The first kappa shape index (κ1) is 22.6. The fourth-order valence-corrected chi connectivity index (χ4v) is 4.31. The monoisotopic (exact) mass is 491 g/mol. The second-order valence-corrected chi connectivity index (χ2v) is 10.1. The van der Waals surface area contributed by atoms with Crippen LogP contribution in [0.3, 0.4) is 0 Å². The van der Waals surface area contributed by atoms with Crippen molar-refractivity contribution < 1.29 is 8.42 Å². The molecule has 180 valence electrons. The van der Waals surface area contributed by atoms with E-state index in [1.165, 1.54) is 25.0 Å². The minimum atomic E-state index is -3.72. The highest BCUT2D eigenvalue weighted by Gasteiger charge is 2.17. The summed E-state index contributed by atoms with van der Waals surface area (Å²) in [5, 5.41) is 18.5. The van der Waals surface area contributed by atoms with E-state index in [9.17, 15) is 8.42 Å². The van der Waals surface area contributed by atoms with E-state index >= 15 is 0 Å². The summed E-state index contributed by atoms with van der Waals surface area (Å²) in [7, 11) is -0.799. The van der Waals surface area contributed by atoms with Crippen LogP contribution in [0.4, 0.5) is 23.0 Å². The molecule has 0 aliphatic heterocycles. The van der Waals surface area contributed by atoms with Crippen molar-refractivity contribution in [3.8, 4) is 0 Å². The zero-order chi connectivity index (χ0) is 24.4. The van der Waals surface area contributed by atoms with E-state index < -0.39 is 10.2 Å². The second kappa shape index (κ2) is 9.24. The first-order chi connectivity index (χ1) is 16.9. The van der Waals surface area contributed by atoms with E-state index in [4.69, 9.17) is 0 Å². The summed E-state index contributed by atoms with van der Waals surface area (Å²) in [6.45, 7) is 0.655. The van der Waals surface area contributed by atoms with Crippen LogP contribution in [0, 0.1) is 0 Å². The standard InChI is InChI=1S/C23H25N9O2S/c1-32(2)35(33,34)30-20-9-10-22(24-12-11-15-14-25-18-6-4-3-5-17(15)18)27-23(20)26-16-7-8-19-21(13-16)29-31-28-19/h3-10,13-14,25,30H,11-12H2,1-2H3,(H2,24,26,27)(H,28,29,31). The molecular weight excluding hydrogens is 466 g/mol. The van der Waals surface area contributed by atoms with Gasteiger partial charge in [-0.25, -0.2) is 4.98 Å². The maximum absolute atomic E-state index is 12.5. The Labute approximate surface area is 202 Å². The smallest absolute Gasteiger partial charge is 0.301 e. The summed E-state index contributed by atoms with van der Waals surface area (Å²) in [5.41, 5.74) is 4.74. The molecule has 35 heavy (non-hydrogen) atoms. The number of hydrogen-bond acceptors (Lipinski definition) is 7. The van der Waals surface area contributed by atoms with Gasteiger partial charge >= 0.3 is 10.2 Å². The van der Waals surface area contributed by atoms with Gasteiger partial charge in [0.25, 0.3) is 0 Å². The summed E-state index contributed by atoms with van der Waals surface area (Å²) in [5.74, 6) is 0.970. The molecule has 0 atom stereocenters. The number of pyridine rings is 1. The van der Waals surface area contributed by atoms with Crippen molar-refractivity contribution in [1.29, 1.82) is 0 Å². The zero-order valence-electron chi connectivity index (χ0n) is 19.2. The lowest BCUT2D eigenvalue weighted by molar-refractivity contribution is 0.527. The average molecular weight is 492 g/mol. The van der Waals surface area contributed by atoms with Crippen molar-refractivity contribution in [2.75, 3.05) is 36.0 Å². The van der Waals surface area contributed by atoms with Crippen LogP contribution in [-0.2, 0) is 16.6 Å². The van der Waals surface area contributed by atoms with Gasteiger partial charge in [-0.15, -0.1) is 0 Å². The van der Waals surface area contributed by atoms with E-state index in [1.807, 2.05) is 36.5 Å². The predicted molar refractivity (Wildman–Crippen MR) is 138 cm³/mol. The number of nitrogens with one attached hydrogen (secondary N) is 5. The van der Waals surface area contributed by atoms with Gasteiger partial charge in [0.2, 0.25) is 0 Å². The minimum absolute atomic E-state index is 0.320. The third kappa shape index (κ3) is 4.88. The fourth-order valence-electron chi connectivity index (χ4n) is 3.68. The molecule has 0 fully saturated rings. The van der Waals surface area contributed by atoms with Crippen LogP contribution in [0.1, 0.15) is 5.56 Å². The molecule has 0 aliphatic carbocycles.